The Kier molecular flexibility index (Phi) is 6.21. The second kappa shape index (κ2) is 7.08. The largest absolute Gasteiger partial charge is 0.444 e. The molecule has 0 aromatic rings. The van der Waals surface area contributed by atoms with Crippen LogP contribution in [-0.4, -0.2) is 52.5 Å². The summed E-state index contributed by atoms with van der Waals surface area (Å²) in [5, 5.41) is 10.2. The van der Waals surface area contributed by atoms with E-state index in [0.29, 0.717) is 6.42 Å². The molecule has 1 radical (unpaired) electrons. The van der Waals surface area contributed by atoms with E-state index in [-0.39, 0.29) is 18.2 Å². The minimum Gasteiger partial charge on any atom is -0.444 e. The molecule has 0 saturated carbocycles. The Balaban J connectivity index is 2.77. The third kappa shape index (κ3) is 5.52. The number of ether oxygens (including phenoxy) is 1. The van der Waals surface area contributed by atoms with Gasteiger partial charge in [0.15, 0.2) is 0 Å². The third-order valence-electron chi connectivity index (χ3n) is 4.48. The smallest absolute Gasteiger partial charge is 0.411 e. The number of hydrogen-bond acceptors (Lipinski definition) is 4. The zero-order chi connectivity index (χ0) is 18.9. The first-order valence-electron chi connectivity index (χ1n) is 8.59. The van der Waals surface area contributed by atoms with Crippen molar-refractivity contribution in [2.75, 3.05) is 0 Å². The highest BCUT2D eigenvalue weighted by molar-refractivity contribution is 6.38. The molecule has 1 N–H and O–H groups in total. The maximum absolute atomic E-state index is 12.4. The first-order chi connectivity index (χ1) is 10.6. The minimum atomic E-state index is -0.960. The fourth-order valence-electron chi connectivity index (χ4n) is 2.41. The molecular formula is C18H33BNO4. The van der Waals surface area contributed by atoms with E-state index in [1.165, 1.54) is 0 Å². The Morgan fingerprint density at radius 2 is 1.75 bits per heavy atom. The SMILES string of the molecule is C[C@@H]1C=C([B]OC(C)(C)C(C)(C)O)C[C@H](C)N1C(=O)OC(C)(C)C. The molecule has 0 bridgehead atoms. The normalized spacial score (nSPS) is 22.9. The van der Waals surface area contributed by atoms with Gasteiger partial charge >= 0.3 is 13.6 Å². The van der Waals surface area contributed by atoms with Crippen LogP contribution in [0.25, 0.3) is 0 Å². The topological polar surface area (TPSA) is 59.0 Å². The Hall–Kier alpha value is -1.01. The molecule has 1 heterocycles. The van der Waals surface area contributed by atoms with E-state index in [4.69, 9.17) is 9.39 Å². The lowest BCUT2D eigenvalue weighted by Gasteiger charge is -2.40. The van der Waals surface area contributed by atoms with Gasteiger partial charge in [0.25, 0.3) is 0 Å². The maximum atomic E-state index is 12.4. The summed E-state index contributed by atoms with van der Waals surface area (Å²) < 4.78 is 11.3. The Labute approximate surface area is 147 Å². The number of amides is 1. The molecule has 1 amide bonds. The summed E-state index contributed by atoms with van der Waals surface area (Å²) in [7, 11) is 1.71. The molecule has 2 atom stereocenters. The number of carbonyl (C=O) groups is 1. The highest BCUT2D eigenvalue weighted by Gasteiger charge is 2.37. The first-order valence-corrected chi connectivity index (χ1v) is 8.59. The molecule has 5 nitrogen and oxygen atoms in total. The number of carbonyl (C=O) groups excluding carboxylic acids is 1. The van der Waals surface area contributed by atoms with Crippen molar-refractivity contribution in [2.24, 2.45) is 0 Å². The molecule has 0 aliphatic carbocycles. The summed E-state index contributed by atoms with van der Waals surface area (Å²) in [4.78, 5) is 14.1. The highest BCUT2D eigenvalue weighted by Crippen LogP contribution is 2.28. The van der Waals surface area contributed by atoms with E-state index in [0.717, 1.165) is 5.47 Å². The average molecular weight is 338 g/mol. The zero-order valence-electron chi connectivity index (χ0n) is 16.6. The maximum Gasteiger partial charge on any atom is 0.411 e. The number of rotatable bonds is 4. The zero-order valence-corrected chi connectivity index (χ0v) is 16.6. The van der Waals surface area contributed by atoms with Crippen LogP contribution in [0.15, 0.2) is 11.5 Å². The van der Waals surface area contributed by atoms with E-state index in [1.54, 1.807) is 26.2 Å². The molecule has 6 heteroatoms. The monoisotopic (exact) mass is 338 g/mol. The van der Waals surface area contributed by atoms with Crippen molar-refractivity contribution in [1.29, 1.82) is 0 Å². The van der Waals surface area contributed by atoms with Gasteiger partial charge in [-0.1, -0.05) is 11.5 Å². The number of aliphatic hydroxyl groups is 1. The molecule has 1 rings (SSSR count). The van der Waals surface area contributed by atoms with Crippen molar-refractivity contribution < 1.29 is 19.3 Å². The molecular weight excluding hydrogens is 305 g/mol. The summed E-state index contributed by atoms with van der Waals surface area (Å²) >= 11 is 0. The van der Waals surface area contributed by atoms with E-state index in [1.807, 2.05) is 54.5 Å². The lowest BCUT2D eigenvalue weighted by atomic mass is 9.76. The van der Waals surface area contributed by atoms with E-state index < -0.39 is 16.8 Å². The predicted octanol–water partition coefficient (Wildman–Crippen LogP) is 3.47. The van der Waals surface area contributed by atoms with Gasteiger partial charge in [0.2, 0.25) is 0 Å². The van der Waals surface area contributed by atoms with Gasteiger partial charge in [-0.3, -0.25) is 4.90 Å². The molecule has 137 valence electrons. The lowest BCUT2D eigenvalue weighted by molar-refractivity contribution is -0.0898. The second-order valence-corrected chi connectivity index (χ2v) is 8.73. The summed E-state index contributed by atoms with van der Waals surface area (Å²) in [6.45, 7) is 16.7. The molecule has 0 fully saturated rings. The second-order valence-electron chi connectivity index (χ2n) is 8.73. The quantitative estimate of drug-likeness (QED) is 0.798. The van der Waals surface area contributed by atoms with Gasteiger partial charge in [0.1, 0.15) is 5.60 Å². The summed E-state index contributed by atoms with van der Waals surface area (Å²) in [5.74, 6) is 0. The van der Waals surface area contributed by atoms with Crippen molar-refractivity contribution >= 4 is 13.6 Å². The Morgan fingerprint density at radius 3 is 2.17 bits per heavy atom. The van der Waals surface area contributed by atoms with Crippen LogP contribution in [0, 0.1) is 0 Å². The van der Waals surface area contributed by atoms with Gasteiger partial charge in [-0.05, 0) is 68.7 Å². The molecule has 1 aliphatic heterocycles. The van der Waals surface area contributed by atoms with Gasteiger partial charge in [-0.2, -0.15) is 0 Å². The van der Waals surface area contributed by atoms with Crippen LogP contribution in [0.4, 0.5) is 4.79 Å². The van der Waals surface area contributed by atoms with E-state index in [9.17, 15) is 9.90 Å². The fraction of sp³-hybridized carbons (Fsp3) is 0.833. The molecule has 0 aromatic heterocycles. The third-order valence-corrected chi connectivity index (χ3v) is 4.48. The lowest BCUT2D eigenvalue weighted by Crippen LogP contribution is -2.50. The van der Waals surface area contributed by atoms with Crippen LogP contribution < -0.4 is 0 Å². The van der Waals surface area contributed by atoms with Crippen LogP contribution in [0.1, 0.15) is 68.7 Å². The van der Waals surface area contributed by atoms with Gasteiger partial charge < -0.3 is 14.5 Å². The van der Waals surface area contributed by atoms with Crippen molar-refractivity contribution in [3.63, 3.8) is 0 Å². The molecule has 0 spiro atoms. The van der Waals surface area contributed by atoms with Gasteiger partial charge in [-0.25, -0.2) is 4.79 Å². The molecule has 0 aromatic carbocycles. The number of hydrogen-bond donors (Lipinski definition) is 1. The van der Waals surface area contributed by atoms with Gasteiger partial charge in [-0.15, -0.1) is 0 Å². The van der Waals surface area contributed by atoms with E-state index in [2.05, 4.69) is 0 Å². The van der Waals surface area contributed by atoms with Crippen LogP contribution in [-0.2, 0) is 9.39 Å². The summed E-state index contributed by atoms with van der Waals surface area (Å²) in [6.07, 6.45) is 2.39. The van der Waals surface area contributed by atoms with Crippen LogP contribution >= 0.6 is 0 Å². The summed E-state index contributed by atoms with van der Waals surface area (Å²) in [6, 6.07) is -0.0661. The van der Waals surface area contributed by atoms with Crippen LogP contribution in [0.5, 0.6) is 0 Å². The van der Waals surface area contributed by atoms with Crippen LogP contribution in [0.2, 0.25) is 0 Å². The van der Waals surface area contributed by atoms with Crippen molar-refractivity contribution in [1.82, 2.24) is 4.90 Å². The summed E-state index contributed by atoms with van der Waals surface area (Å²) in [5.41, 5.74) is -1.15. The van der Waals surface area contributed by atoms with E-state index >= 15 is 0 Å². The molecule has 1 aliphatic rings. The molecule has 24 heavy (non-hydrogen) atoms. The first kappa shape index (κ1) is 21.0. The average Bonchev–Trinajstić information content (AvgIpc) is 2.31. The Morgan fingerprint density at radius 1 is 1.21 bits per heavy atom. The van der Waals surface area contributed by atoms with Gasteiger partial charge in [0.05, 0.1) is 17.2 Å². The minimum absolute atomic E-state index is 0.0138. The molecule has 0 saturated heterocycles. The highest BCUT2D eigenvalue weighted by atomic mass is 16.6. The fourth-order valence-corrected chi connectivity index (χ4v) is 2.41. The van der Waals surface area contributed by atoms with Crippen molar-refractivity contribution in [3.05, 3.63) is 11.5 Å². The van der Waals surface area contributed by atoms with Crippen LogP contribution in [0.3, 0.4) is 0 Å². The van der Waals surface area contributed by atoms with Gasteiger partial charge in [0, 0.05) is 6.04 Å². The molecule has 0 unspecified atom stereocenters. The number of nitrogens with zero attached hydrogens (tertiary/aromatic N) is 1. The van der Waals surface area contributed by atoms with Crippen molar-refractivity contribution in [2.45, 2.75) is 97.6 Å². The predicted molar refractivity (Wildman–Crippen MR) is 96.9 cm³/mol. The van der Waals surface area contributed by atoms with Crippen molar-refractivity contribution in [3.8, 4) is 0 Å². The Bertz CT molecular complexity index is 488. The standard InChI is InChI=1S/C18H33BNO4/c1-12-10-14(19-24-18(8,9)17(6,7)22)11-13(2)20(12)15(21)23-16(3,4)5/h10,12-13,22H,11H2,1-9H3/t12-,13+/m1/s1.